The molecule has 0 atom stereocenters. The summed E-state index contributed by atoms with van der Waals surface area (Å²) in [4.78, 5) is 0. The fourth-order valence-electron chi connectivity index (χ4n) is 1.17. The van der Waals surface area contributed by atoms with Crippen molar-refractivity contribution in [2.24, 2.45) is 0 Å². The van der Waals surface area contributed by atoms with E-state index in [9.17, 15) is 8.42 Å². The van der Waals surface area contributed by atoms with Gasteiger partial charge < -0.3 is 5.11 Å². The summed E-state index contributed by atoms with van der Waals surface area (Å²) < 4.78 is 26.0. The van der Waals surface area contributed by atoms with E-state index in [1.165, 1.54) is 0 Å². The minimum absolute atomic E-state index is 0.00652. The molecule has 0 aliphatic carbocycles. The van der Waals surface area contributed by atoms with Crippen molar-refractivity contribution < 1.29 is 13.5 Å². The van der Waals surface area contributed by atoms with Crippen molar-refractivity contribution >= 4 is 27.3 Å². The highest BCUT2D eigenvalue weighted by molar-refractivity contribution is 7.93. The van der Waals surface area contributed by atoms with Gasteiger partial charge in [0, 0.05) is 12.0 Å². The van der Waals surface area contributed by atoms with E-state index in [0.29, 0.717) is 22.7 Å². The van der Waals surface area contributed by atoms with Gasteiger partial charge in [0.1, 0.15) is 0 Å². The van der Waals surface area contributed by atoms with Crippen molar-refractivity contribution in [3.63, 3.8) is 0 Å². The number of benzene rings is 1. The van der Waals surface area contributed by atoms with Crippen LogP contribution in [0.25, 0.3) is 0 Å². The first-order valence-corrected chi connectivity index (χ1v) is 7.70. The predicted octanol–water partition coefficient (Wildman–Crippen LogP) is 2.22. The molecule has 4 nitrogen and oxygen atoms in total. The van der Waals surface area contributed by atoms with E-state index in [0.717, 1.165) is 0 Å². The van der Waals surface area contributed by atoms with Crippen LogP contribution in [0.2, 0.25) is 5.02 Å². The van der Waals surface area contributed by atoms with Gasteiger partial charge in [-0.05, 0) is 32.0 Å². The summed E-state index contributed by atoms with van der Waals surface area (Å²) >= 11 is 5.95. The van der Waals surface area contributed by atoms with Crippen molar-refractivity contribution in [2.75, 3.05) is 11.3 Å². The molecule has 6 heteroatoms. The molecule has 0 bridgehead atoms. The number of aliphatic hydroxyl groups excluding tert-OH is 1. The molecular formula is C13H16ClNO3S. The standard InChI is InChI=1S/C13H16ClNO3S/c1-10(2)19(17,18)15-13-9-11(5-3-4-8-16)6-7-12(13)14/h6-7,9-10,15-16H,4,8H2,1-2H3. The Morgan fingerprint density at radius 2 is 2.11 bits per heavy atom. The maximum Gasteiger partial charge on any atom is 0.235 e. The van der Waals surface area contributed by atoms with Crippen LogP contribution in [-0.2, 0) is 10.0 Å². The van der Waals surface area contributed by atoms with E-state index in [-0.39, 0.29) is 6.61 Å². The van der Waals surface area contributed by atoms with E-state index in [1.54, 1.807) is 32.0 Å². The molecule has 1 rings (SSSR count). The third-order valence-electron chi connectivity index (χ3n) is 2.31. The Morgan fingerprint density at radius 1 is 1.42 bits per heavy atom. The van der Waals surface area contributed by atoms with Crippen LogP contribution in [0.1, 0.15) is 25.8 Å². The number of nitrogens with one attached hydrogen (secondary N) is 1. The molecule has 104 valence electrons. The van der Waals surface area contributed by atoms with Crippen LogP contribution in [0, 0.1) is 11.8 Å². The molecule has 2 N–H and O–H groups in total. The normalized spacial score (nSPS) is 11.0. The van der Waals surface area contributed by atoms with E-state index in [2.05, 4.69) is 16.6 Å². The van der Waals surface area contributed by atoms with Crippen LogP contribution in [-0.4, -0.2) is 25.4 Å². The van der Waals surface area contributed by atoms with Gasteiger partial charge in [0.05, 0.1) is 22.6 Å². The lowest BCUT2D eigenvalue weighted by molar-refractivity contribution is 0.305. The molecule has 0 saturated heterocycles. The highest BCUT2D eigenvalue weighted by Gasteiger charge is 2.17. The third kappa shape index (κ3) is 4.75. The largest absolute Gasteiger partial charge is 0.395 e. The van der Waals surface area contributed by atoms with Gasteiger partial charge in [0.25, 0.3) is 0 Å². The first-order valence-electron chi connectivity index (χ1n) is 5.77. The summed E-state index contributed by atoms with van der Waals surface area (Å²) in [6.45, 7) is 3.16. The molecule has 0 amide bonds. The second-order valence-electron chi connectivity index (χ2n) is 4.17. The van der Waals surface area contributed by atoms with Gasteiger partial charge in [-0.1, -0.05) is 23.4 Å². The van der Waals surface area contributed by atoms with Gasteiger partial charge >= 0.3 is 0 Å². The molecular weight excluding hydrogens is 286 g/mol. The van der Waals surface area contributed by atoms with Gasteiger partial charge in [-0.25, -0.2) is 8.42 Å². The van der Waals surface area contributed by atoms with Crippen LogP contribution in [0.15, 0.2) is 18.2 Å². The molecule has 0 aliphatic heterocycles. The summed E-state index contributed by atoms with van der Waals surface area (Å²) in [6, 6.07) is 4.86. The Hall–Kier alpha value is -1.22. The average Bonchev–Trinajstić information content (AvgIpc) is 2.33. The number of anilines is 1. The zero-order valence-electron chi connectivity index (χ0n) is 10.8. The molecule has 0 saturated carbocycles. The summed E-state index contributed by atoms with van der Waals surface area (Å²) in [5.41, 5.74) is 0.950. The number of rotatable bonds is 4. The zero-order chi connectivity index (χ0) is 14.5. The molecule has 19 heavy (non-hydrogen) atoms. The zero-order valence-corrected chi connectivity index (χ0v) is 12.3. The maximum absolute atomic E-state index is 11.8. The maximum atomic E-state index is 11.8. The molecule has 1 aromatic carbocycles. The first kappa shape index (κ1) is 15.8. The Bertz CT molecular complexity index is 600. The Labute approximate surface area is 118 Å². The molecule has 0 fully saturated rings. The van der Waals surface area contributed by atoms with E-state index < -0.39 is 15.3 Å². The van der Waals surface area contributed by atoms with E-state index in [1.807, 2.05) is 0 Å². The Balaban J connectivity index is 3.03. The number of sulfonamides is 1. The van der Waals surface area contributed by atoms with Crippen molar-refractivity contribution in [1.29, 1.82) is 0 Å². The molecule has 1 aromatic rings. The number of aliphatic hydroxyl groups is 1. The molecule has 0 unspecified atom stereocenters. The molecule has 0 aromatic heterocycles. The van der Waals surface area contributed by atoms with Crippen LogP contribution in [0.3, 0.4) is 0 Å². The lowest BCUT2D eigenvalue weighted by Gasteiger charge is -2.12. The van der Waals surface area contributed by atoms with Gasteiger partial charge in [0.2, 0.25) is 10.0 Å². The fraction of sp³-hybridized carbons (Fsp3) is 0.385. The fourth-order valence-corrected chi connectivity index (χ4v) is 2.10. The minimum atomic E-state index is -3.44. The molecule has 0 aliphatic rings. The van der Waals surface area contributed by atoms with Gasteiger partial charge in [-0.2, -0.15) is 0 Å². The van der Waals surface area contributed by atoms with Crippen LogP contribution >= 0.6 is 11.6 Å². The first-order chi connectivity index (χ1) is 8.86. The van der Waals surface area contributed by atoms with Gasteiger partial charge in [-0.3, -0.25) is 4.72 Å². The highest BCUT2D eigenvalue weighted by Crippen LogP contribution is 2.24. The monoisotopic (exact) mass is 301 g/mol. The minimum Gasteiger partial charge on any atom is -0.395 e. The smallest absolute Gasteiger partial charge is 0.235 e. The van der Waals surface area contributed by atoms with Crippen molar-refractivity contribution in [3.8, 4) is 11.8 Å². The van der Waals surface area contributed by atoms with Gasteiger partial charge in [-0.15, -0.1) is 0 Å². The Kier molecular flexibility index (Phi) is 5.67. The second-order valence-corrected chi connectivity index (χ2v) is 6.81. The molecule has 0 spiro atoms. The second kappa shape index (κ2) is 6.80. The van der Waals surface area contributed by atoms with Crippen LogP contribution in [0.5, 0.6) is 0 Å². The third-order valence-corrected chi connectivity index (χ3v) is 4.38. The summed E-state index contributed by atoms with van der Waals surface area (Å²) in [7, 11) is -3.44. The number of hydrogen-bond acceptors (Lipinski definition) is 3. The average molecular weight is 302 g/mol. The predicted molar refractivity (Wildman–Crippen MR) is 77.7 cm³/mol. The lowest BCUT2D eigenvalue weighted by atomic mass is 10.2. The summed E-state index contributed by atoms with van der Waals surface area (Å²) in [5.74, 6) is 5.59. The van der Waals surface area contributed by atoms with E-state index in [4.69, 9.17) is 16.7 Å². The number of halogens is 1. The van der Waals surface area contributed by atoms with Gasteiger partial charge in [0.15, 0.2) is 0 Å². The highest BCUT2D eigenvalue weighted by atomic mass is 35.5. The Morgan fingerprint density at radius 3 is 2.68 bits per heavy atom. The number of hydrogen-bond donors (Lipinski definition) is 2. The van der Waals surface area contributed by atoms with Crippen LogP contribution < -0.4 is 4.72 Å². The van der Waals surface area contributed by atoms with Crippen molar-refractivity contribution in [2.45, 2.75) is 25.5 Å². The van der Waals surface area contributed by atoms with Crippen LogP contribution in [0.4, 0.5) is 5.69 Å². The topological polar surface area (TPSA) is 66.4 Å². The quantitative estimate of drug-likeness (QED) is 0.838. The summed E-state index contributed by atoms with van der Waals surface area (Å²) in [5, 5.41) is 8.41. The van der Waals surface area contributed by atoms with Crippen molar-refractivity contribution in [1.82, 2.24) is 0 Å². The van der Waals surface area contributed by atoms with E-state index >= 15 is 0 Å². The molecule has 0 radical (unpaired) electrons. The van der Waals surface area contributed by atoms with Crippen molar-refractivity contribution in [3.05, 3.63) is 28.8 Å². The SMILES string of the molecule is CC(C)S(=O)(=O)Nc1cc(C#CCCO)ccc1Cl. The molecule has 0 heterocycles. The summed E-state index contributed by atoms with van der Waals surface area (Å²) in [6.07, 6.45) is 0.371. The lowest BCUT2D eigenvalue weighted by Crippen LogP contribution is -2.22.